The molecule has 0 unspecified atom stereocenters. The van der Waals surface area contributed by atoms with Crippen LogP contribution >= 0.6 is 0 Å². The fourth-order valence-corrected chi connectivity index (χ4v) is 2.68. The largest absolute Gasteiger partial charge is 0.337 e. The molecule has 2 heteroatoms. The predicted molar refractivity (Wildman–Crippen MR) is 88.5 cm³/mol. The van der Waals surface area contributed by atoms with Gasteiger partial charge in [0, 0.05) is 29.8 Å². The Morgan fingerprint density at radius 1 is 0.909 bits per heavy atom. The Morgan fingerprint density at radius 3 is 2.00 bits per heavy atom. The molecule has 0 N–H and O–H groups in total. The normalized spacial score (nSPS) is 15.5. The van der Waals surface area contributed by atoms with E-state index in [2.05, 4.69) is 25.7 Å². The Hall–Kier alpha value is -2.53. The van der Waals surface area contributed by atoms with Gasteiger partial charge in [-0.15, -0.1) is 0 Å². The maximum atomic E-state index is 12.3. The van der Waals surface area contributed by atoms with Crippen molar-refractivity contribution in [2.75, 3.05) is 13.1 Å². The standard InChI is InChI=1S/C20H19NO/c1-20(2)14-21(15-20)19(22)18-12-10-17(11-13-18)9-8-16-6-4-3-5-7-16/h3-7,10-13H,14-15H2,1-2H3. The van der Waals surface area contributed by atoms with E-state index >= 15 is 0 Å². The molecule has 1 heterocycles. The van der Waals surface area contributed by atoms with E-state index in [1.165, 1.54) is 0 Å². The quantitative estimate of drug-likeness (QED) is 0.735. The summed E-state index contributed by atoms with van der Waals surface area (Å²) in [6.07, 6.45) is 0. The van der Waals surface area contributed by atoms with Crippen molar-refractivity contribution in [2.45, 2.75) is 13.8 Å². The first kappa shape index (κ1) is 14.4. The van der Waals surface area contributed by atoms with Crippen molar-refractivity contribution < 1.29 is 4.79 Å². The van der Waals surface area contributed by atoms with Crippen LogP contribution in [0.1, 0.15) is 35.3 Å². The van der Waals surface area contributed by atoms with Crippen LogP contribution in [-0.4, -0.2) is 23.9 Å². The number of hydrogen-bond acceptors (Lipinski definition) is 1. The van der Waals surface area contributed by atoms with E-state index in [-0.39, 0.29) is 11.3 Å². The van der Waals surface area contributed by atoms with Crippen LogP contribution in [0.2, 0.25) is 0 Å². The highest BCUT2D eigenvalue weighted by molar-refractivity contribution is 5.94. The molecule has 1 aliphatic rings. The highest BCUT2D eigenvalue weighted by Gasteiger charge is 2.37. The van der Waals surface area contributed by atoms with Crippen molar-refractivity contribution in [3.05, 3.63) is 71.3 Å². The van der Waals surface area contributed by atoms with Crippen LogP contribution in [0.4, 0.5) is 0 Å². The van der Waals surface area contributed by atoms with Crippen molar-refractivity contribution in [1.82, 2.24) is 4.90 Å². The monoisotopic (exact) mass is 289 g/mol. The van der Waals surface area contributed by atoms with Crippen LogP contribution in [0.5, 0.6) is 0 Å². The Labute approximate surface area is 131 Å². The molecule has 0 aromatic heterocycles. The van der Waals surface area contributed by atoms with Crippen LogP contribution < -0.4 is 0 Å². The van der Waals surface area contributed by atoms with Gasteiger partial charge in [0.1, 0.15) is 0 Å². The van der Waals surface area contributed by atoms with Gasteiger partial charge in [-0.1, -0.05) is 43.9 Å². The lowest BCUT2D eigenvalue weighted by Crippen LogP contribution is -2.55. The lowest BCUT2D eigenvalue weighted by Gasteiger charge is -2.45. The molecule has 3 rings (SSSR count). The average Bonchev–Trinajstić information content (AvgIpc) is 2.51. The molecular weight excluding hydrogens is 270 g/mol. The van der Waals surface area contributed by atoms with E-state index in [1.807, 2.05) is 59.5 Å². The number of hydrogen-bond donors (Lipinski definition) is 0. The summed E-state index contributed by atoms with van der Waals surface area (Å²) < 4.78 is 0. The Bertz CT molecular complexity index is 725. The third-order valence-electron chi connectivity index (χ3n) is 3.78. The molecule has 0 atom stereocenters. The van der Waals surface area contributed by atoms with Gasteiger partial charge in [-0.05, 0) is 41.8 Å². The first-order valence-corrected chi connectivity index (χ1v) is 7.50. The molecule has 2 aromatic carbocycles. The maximum absolute atomic E-state index is 12.3. The second kappa shape index (κ2) is 5.69. The summed E-state index contributed by atoms with van der Waals surface area (Å²) in [4.78, 5) is 14.2. The number of benzene rings is 2. The summed E-state index contributed by atoms with van der Waals surface area (Å²) in [6, 6.07) is 17.4. The molecule has 22 heavy (non-hydrogen) atoms. The second-order valence-electron chi connectivity index (χ2n) is 6.52. The number of carbonyl (C=O) groups is 1. The van der Waals surface area contributed by atoms with E-state index in [0.717, 1.165) is 29.8 Å². The van der Waals surface area contributed by atoms with Gasteiger partial charge in [0.15, 0.2) is 0 Å². The molecule has 110 valence electrons. The van der Waals surface area contributed by atoms with Gasteiger partial charge in [0.05, 0.1) is 0 Å². The van der Waals surface area contributed by atoms with Crippen molar-refractivity contribution in [1.29, 1.82) is 0 Å². The van der Waals surface area contributed by atoms with E-state index in [9.17, 15) is 4.79 Å². The fourth-order valence-electron chi connectivity index (χ4n) is 2.68. The zero-order valence-electron chi connectivity index (χ0n) is 13.0. The number of nitrogens with zero attached hydrogens (tertiary/aromatic N) is 1. The Balaban J connectivity index is 1.69. The lowest BCUT2D eigenvalue weighted by molar-refractivity contribution is 0.0236. The van der Waals surface area contributed by atoms with E-state index in [4.69, 9.17) is 0 Å². The lowest BCUT2D eigenvalue weighted by atomic mass is 9.84. The SMILES string of the molecule is CC1(C)CN(C(=O)c2ccc(C#Cc3ccccc3)cc2)C1. The molecule has 0 spiro atoms. The molecule has 0 radical (unpaired) electrons. The van der Waals surface area contributed by atoms with Gasteiger partial charge in [0.2, 0.25) is 0 Å². The van der Waals surface area contributed by atoms with Crippen molar-refractivity contribution in [2.24, 2.45) is 5.41 Å². The molecule has 2 aromatic rings. The topological polar surface area (TPSA) is 20.3 Å². The van der Waals surface area contributed by atoms with Gasteiger partial charge in [-0.25, -0.2) is 0 Å². The molecule has 2 nitrogen and oxygen atoms in total. The third-order valence-corrected chi connectivity index (χ3v) is 3.78. The second-order valence-corrected chi connectivity index (χ2v) is 6.52. The molecule has 1 saturated heterocycles. The summed E-state index contributed by atoms with van der Waals surface area (Å²) in [6.45, 7) is 6.03. The van der Waals surface area contributed by atoms with Gasteiger partial charge in [-0.3, -0.25) is 4.79 Å². The van der Waals surface area contributed by atoms with Gasteiger partial charge >= 0.3 is 0 Å². The van der Waals surface area contributed by atoms with Crippen LogP contribution in [0.15, 0.2) is 54.6 Å². The van der Waals surface area contributed by atoms with Gasteiger partial charge in [0.25, 0.3) is 5.91 Å². The summed E-state index contributed by atoms with van der Waals surface area (Å²) in [5.41, 5.74) is 2.91. The smallest absolute Gasteiger partial charge is 0.253 e. The van der Waals surface area contributed by atoms with Crippen LogP contribution in [0.3, 0.4) is 0 Å². The average molecular weight is 289 g/mol. The summed E-state index contributed by atoms with van der Waals surface area (Å²) >= 11 is 0. The number of amides is 1. The van der Waals surface area contributed by atoms with Gasteiger partial charge in [-0.2, -0.15) is 0 Å². The number of rotatable bonds is 1. The molecule has 0 bridgehead atoms. The molecular formula is C20H19NO. The van der Waals surface area contributed by atoms with Crippen LogP contribution in [-0.2, 0) is 0 Å². The van der Waals surface area contributed by atoms with Crippen molar-refractivity contribution in [3.8, 4) is 11.8 Å². The Morgan fingerprint density at radius 2 is 1.45 bits per heavy atom. The fraction of sp³-hybridized carbons (Fsp3) is 0.250. The molecule has 1 amide bonds. The molecule has 0 aliphatic carbocycles. The first-order chi connectivity index (χ1) is 10.5. The summed E-state index contributed by atoms with van der Waals surface area (Å²) in [7, 11) is 0. The van der Waals surface area contributed by atoms with E-state index in [0.29, 0.717) is 0 Å². The van der Waals surface area contributed by atoms with E-state index < -0.39 is 0 Å². The molecule has 1 fully saturated rings. The van der Waals surface area contributed by atoms with E-state index in [1.54, 1.807) is 0 Å². The zero-order chi connectivity index (χ0) is 15.6. The molecule has 1 aliphatic heterocycles. The highest BCUT2D eigenvalue weighted by atomic mass is 16.2. The predicted octanol–water partition coefficient (Wildman–Crippen LogP) is 3.57. The summed E-state index contributed by atoms with van der Waals surface area (Å²) in [5, 5.41) is 0. The van der Waals surface area contributed by atoms with Crippen molar-refractivity contribution in [3.63, 3.8) is 0 Å². The minimum atomic E-state index is 0.113. The highest BCUT2D eigenvalue weighted by Crippen LogP contribution is 2.29. The van der Waals surface area contributed by atoms with Crippen molar-refractivity contribution >= 4 is 5.91 Å². The minimum Gasteiger partial charge on any atom is -0.337 e. The number of likely N-dealkylation sites (tertiary alicyclic amines) is 1. The number of carbonyl (C=O) groups excluding carboxylic acids is 1. The minimum absolute atomic E-state index is 0.113. The summed E-state index contributed by atoms with van der Waals surface area (Å²) in [5.74, 6) is 6.36. The van der Waals surface area contributed by atoms with Crippen LogP contribution in [0.25, 0.3) is 0 Å². The van der Waals surface area contributed by atoms with Crippen LogP contribution in [0, 0.1) is 17.3 Å². The van der Waals surface area contributed by atoms with Gasteiger partial charge < -0.3 is 4.90 Å². The maximum Gasteiger partial charge on any atom is 0.253 e. The zero-order valence-corrected chi connectivity index (χ0v) is 13.0. The third kappa shape index (κ3) is 3.20. The Kier molecular flexibility index (Phi) is 3.73. The first-order valence-electron chi connectivity index (χ1n) is 7.50. The molecule has 0 saturated carbocycles.